The van der Waals surface area contributed by atoms with Crippen molar-refractivity contribution in [3.8, 4) is 0 Å². The fourth-order valence-corrected chi connectivity index (χ4v) is 3.08. The molecule has 0 radical (unpaired) electrons. The van der Waals surface area contributed by atoms with Crippen LogP contribution >= 0.6 is 31.0 Å². The van der Waals surface area contributed by atoms with Gasteiger partial charge in [-0.1, -0.05) is 23.4 Å². The summed E-state index contributed by atoms with van der Waals surface area (Å²) in [7, 11) is -1.41. The van der Waals surface area contributed by atoms with E-state index in [-0.39, 0.29) is 17.8 Å². The minimum Gasteiger partial charge on any atom is -0.359 e. The summed E-state index contributed by atoms with van der Waals surface area (Å²) in [6, 6.07) is 0. The molecule has 0 aliphatic heterocycles. The lowest BCUT2D eigenvalue weighted by Gasteiger charge is -2.03. The summed E-state index contributed by atoms with van der Waals surface area (Å²) in [5, 5.41) is 4.08. The molecule has 1 aromatic rings. The van der Waals surface area contributed by atoms with Crippen molar-refractivity contribution in [2.24, 2.45) is 7.05 Å². The van der Waals surface area contributed by atoms with Crippen LogP contribution in [-0.4, -0.2) is 39.4 Å². The van der Waals surface area contributed by atoms with Crippen LogP contribution in [-0.2, 0) is 21.1 Å². The Bertz CT molecular complexity index is 434. The summed E-state index contributed by atoms with van der Waals surface area (Å²) in [6.45, 7) is 0.133. The Morgan fingerprint density at radius 1 is 1.59 bits per heavy atom. The quantitative estimate of drug-likeness (QED) is 0.343. The average Bonchev–Trinajstić information content (AvgIpc) is 2.50. The minimum absolute atomic E-state index is 0.0492. The van der Waals surface area contributed by atoms with Crippen LogP contribution < -0.4 is 5.44 Å². The summed E-state index contributed by atoms with van der Waals surface area (Å²) in [4.78, 5) is 18.0. The van der Waals surface area contributed by atoms with Gasteiger partial charge in [0.2, 0.25) is 0 Å². The molecule has 98 valence electrons. The van der Waals surface area contributed by atoms with E-state index in [0.29, 0.717) is 5.03 Å². The molecule has 1 heterocycles. The number of rotatable bonds is 6. The highest BCUT2D eigenvalue weighted by molar-refractivity contribution is 7.99. The van der Waals surface area contributed by atoms with Gasteiger partial charge in [0.1, 0.15) is 22.8 Å². The van der Waals surface area contributed by atoms with Gasteiger partial charge in [-0.15, -0.1) is 0 Å². The van der Waals surface area contributed by atoms with Crippen LogP contribution in [0.4, 0.5) is 0 Å². The SMILES string of the molecule is COCOCSc1c(Cl)c(P(=O)(O)O)nn1C. The van der Waals surface area contributed by atoms with Crippen molar-refractivity contribution in [3.05, 3.63) is 5.02 Å². The predicted octanol–water partition coefficient (Wildman–Crippen LogP) is 0.547. The Balaban J connectivity index is 2.80. The van der Waals surface area contributed by atoms with Crippen LogP contribution in [0.1, 0.15) is 0 Å². The van der Waals surface area contributed by atoms with Crippen LogP contribution in [0.25, 0.3) is 0 Å². The summed E-state index contributed by atoms with van der Waals surface area (Å²) >= 11 is 7.02. The molecule has 0 aromatic carbocycles. The third kappa shape index (κ3) is 3.96. The second-order valence-corrected chi connectivity index (χ2v) is 5.78. The molecule has 0 unspecified atom stereocenters. The standard InChI is InChI=1S/C7H12ClN2O5PS/c1-10-7(17-4-15-3-14-2)5(8)6(9-10)16(11,12)13/h3-4H2,1-2H3,(H2,11,12,13). The van der Waals surface area contributed by atoms with Crippen LogP contribution in [0.2, 0.25) is 5.02 Å². The second-order valence-electron chi connectivity index (χ2n) is 2.98. The van der Waals surface area contributed by atoms with Gasteiger partial charge in [0, 0.05) is 14.2 Å². The number of methoxy groups -OCH3 is 1. The van der Waals surface area contributed by atoms with E-state index in [0.717, 1.165) is 0 Å². The maximum atomic E-state index is 11.1. The summed E-state index contributed by atoms with van der Waals surface area (Å²) < 4.78 is 22.1. The first kappa shape index (κ1) is 15.0. The zero-order valence-corrected chi connectivity index (χ0v) is 11.6. The van der Waals surface area contributed by atoms with Crippen molar-refractivity contribution in [1.29, 1.82) is 0 Å². The fourth-order valence-electron chi connectivity index (χ4n) is 1.03. The Labute approximate surface area is 107 Å². The number of hydrogen-bond acceptors (Lipinski definition) is 5. The van der Waals surface area contributed by atoms with Crippen molar-refractivity contribution in [2.75, 3.05) is 19.8 Å². The molecule has 0 atom stereocenters. The Morgan fingerprint density at radius 3 is 2.71 bits per heavy atom. The zero-order chi connectivity index (χ0) is 13.1. The third-order valence-electron chi connectivity index (χ3n) is 1.68. The zero-order valence-electron chi connectivity index (χ0n) is 9.16. The van der Waals surface area contributed by atoms with E-state index < -0.39 is 13.0 Å². The van der Waals surface area contributed by atoms with Crippen LogP contribution in [0.3, 0.4) is 0 Å². The molecule has 0 fully saturated rings. The highest BCUT2D eigenvalue weighted by atomic mass is 35.5. The normalized spacial score (nSPS) is 12.1. The fraction of sp³-hybridized carbons (Fsp3) is 0.571. The molecule has 0 bridgehead atoms. The third-order valence-corrected chi connectivity index (χ3v) is 4.17. The molecule has 2 N–H and O–H groups in total. The van der Waals surface area contributed by atoms with E-state index in [1.54, 1.807) is 7.05 Å². The first-order chi connectivity index (χ1) is 7.88. The maximum Gasteiger partial charge on any atom is 0.377 e. The van der Waals surface area contributed by atoms with Crippen molar-refractivity contribution in [3.63, 3.8) is 0 Å². The van der Waals surface area contributed by atoms with E-state index in [2.05, 4.69) is 9.84 Å². The van der Waals surface area contributed by atoms with Crippen LogP contribution in [0.15, 0.2) is 5.03 Å². The minimum atomic E-state index is -4.45. The summed E-state index contributed by atoms with van der Waals surface area (Å²) in [5.41, 5.74) is -0.420. The van der Waals surface area contributed by atoms with Gasteiger partial charge in [-0.05, 0) is 0 Å². The van der Waals surface area contributed by atoms with Crippen molar-refractivity contribution >= 4 is 36.4 Å². The Hall–Kier alpha value is -0.0800. The number of nitrogens with zero attached hydrogens (tertiary/aromatic N) is 2. The molecule has 17 heavy (non-hydrogen) atoms. The molecule has 10 heteroatoms. The molecule has 0 spiro atoms. The largest absolute Gasteiger partial charge is 0.377 e. The van der Waals surface area contributed by atoms with Gasteiger partial charge in [-0.25, -0.2) is 0 Å². The van der Waals surface area contributed by atoms with Gasteiger partial charge in [-0.2, -0.15) is 5.10 Å². The van der Waals surface area contributed by atoms with Crippen molar-refractivity contribution in [1.82, 2.24) is 9.78 Å². The smallest absolute Gasteiger partial charge is 0.359 e. The monoisotopic (exact) mass is 302 g/mol. The number of aryl methyl sites for hydroxylation is 1. The van der Waals surface area contributed by atoms with Crippen LogP contribution in [0.5, 0.6) is 0 Å². The Morgan fingerprint density at radius 2 is 2.24 bits per heavy atom. The topological polar surface area (TPSA) is 93.8 Å². The Kier molecular flexibility index (Phi) is 5.46. The van der Waals surface area contributed by atoms with Gasteiger partial charge in [0.15, 0.2) is 5.44 Å². The van der Waals surface area contributed by atoms with Gasteiger partial charge in [-0.3, -0.25) is 9.25 Å². The summed E-state index contributed by atoms with van der Waals surface area (Å²) in [5.74, 6) is 0.244. The van der Waals surface area contributed by atoms with Gasteiger partial charge >= 0.3 is 7.60 Å². The van der Waals surface area contributed by atoms with Crippen molar-refractivity contribution < 1.29 is 23.8 Å². The molecular formula is C7H12ClN2O5PS. The summed E-state index contributed by atoms with van der Waals surface area (Å²) in [6.07, 6.45) is 0. The van der Waals surface area contributed by atoms with E-state index in [1.165, 1.54) is 23.6 Å². The second kappa shape index (κ2) is 6.19. The molecule has 7 nitrogen and oxygen atoms in total. The van der Waals surface area contributed by atoms with E-state index >= 15 is 0 Å². The molecule has 1 rings (SSSR count). The van der Waals surface area contributed by atoms with Gasteiger partial charge < -0.3 is 19.3 Å². The first-order valence-corrected chi connectivity index (χ1v) is 7.33. The lowest BCUT2D eigenvalue weighted by atomic mass is 10.7. The molecule has 0 amide bonds. The lowest BCUT2D eigenvalue weighted by molar-refractivity contribution is -0.00974. The molecule has 0 aliphatic carbocycles. The average molecular weight is 303 g/mol. The number of aromatic nitrogens is 2. The van der Waals surface area contributed by atoms with Crippen molar-refractivity contribution in [2.45, 2.75) is 5.03 Å². The van der Waals surface area contributed by atoms with E-state index in [9.17, 15) is 4.57 Å². The molecule has 1 aromatic heterocycles. The lowest BCUT2D eigenvalue weighted by Crippen LogP contribution is -2.07. The van der Waals surface area contributed by atoms with Gasteiger partial charge in [0.25, 0.3) is 0 Å². The number of halogens is 1. The molecule has 0 aliphatic rings. The number of hydrogen-bond donors (Lipinski definition) is 2. The van der Waals surface area contributed by atoms with Gasteiger partial charge in [0.05, 0.1) is 0 Å². The maximum absolute atomic E-state index is 11.1. The number of ether oxygens (including phenoxy) is 2. The van der Waals surface area contributed by atoms with E-state index in [1.807, 2.05) is 0 Å². The predicted molar refractivity (Wildman–Crippen MR) is 63.6 cm³/mol. The molecular weight excluding hydrogens is 291 g/mol. The van der Waals surface area contributed by atoms with E-state index in [4.69, 9.17) is 26.1 Å². The van der Waals surface area contributed by atoms with Crippen LogP contribution in [0, 0.1) is 0 Å². The first-order valence-electron chi connectivity index (χ1n) is 4.36. The molecule has 0 saturated heterocycles. The number of thioether (sulfide) groups is 1. The molecule has 0 saturated carbocycles. The highest BCUT2D eigenvalue weighted by Crippen LogP contribution is 2.39. The highest BCUT2D eigenvalue weighted by Gasteiger charge is 2.28.